The van der Waals surface area contributed by atoms with Gasteiger partial charge in [0.1, 0.15) is 34.1 Å². The summed E-state index contributed by atoms with van der Waals surface area (Å²) in [6, 6.07) is 0.824. The maximum Gasteiger partial charge on any atom is 0.332 e. The van der Waals surface area contributed by atoms with Gasteiger partial charge in [-0.3, -0.25) is 18.7 Å². The van der Waals surface area contributed by atoms with E-state index in [1.54, 1.807) is 44.6 Å². The van der Waals surface area contributed by atoms with Crippen molar-refractivity contribution in [3.63, 3.8) is 0 Å². The molecule has 5 aromatic rings. The van der Waals surface area contributed by atoms with Crippen molar-refractivity contribution < 1.29 is 10.7 Å². The first-order valence-corrected chi connectivity index (χ1v) is 11.7. The lowest BCUT2D eigenvalue weighted by Crippen LogP contribution is -2.40. The minimum Gasteiger partial charge on any atom is -0.361 e. The van der Waals surface area contributed by atoms with Gasteiger partial charge in [-0.05, 0) is 20.8 Å². The first kappa shape index (κ1) is 23.3. The Labute approximate surface area is 208 Å². The third-order valence-corrected chi connectivity index (χ3v) is 6.53. The summed E-state index contributed by atoms with van der Waals surface area (Å²) in [4.78, 5) is 56.2. The number of hydrogen-bond acceptors (Lipinski definition) is 10. The Bertz CT molecular complexity index is 1710. The number of amides is 1. The van der Waals surface area contributed by atoms with Crippen LogP contribution in [0, 0.1) is 13.8 Å². The number of imidazole rings is 1. The number of nitrogens with zero attached hydrogens (tertiary/aromatic N) is 8. The summed E-state index contributed by atoms with van der Waals surface area (Å²) in [5.41, 5.74) is 0.333. The zero-order valence-corrected chi connectivity index (χ0v) is 20.6. The molecule has 13 nitrogen and oxygen atoms in total. The molecule has 14 heteroatoms. The Hall–Kier alpha value is -4.46. The zero-order valence-electron chi connectivity index (χ0n) is 19.8. The molecule has 0 aliphatic heterocycles. The molecule has 0 spiro atoms. The monoisotopic (exact) mass is 509 g/mol. The molecule has 186 valence electrons. The van der Waals surface area contributed by atoms with E-state index in [4.69, 9.17) is 4.52 Å². The van der Waals surface area contributed by atoms with Crippen molar-refractivity contribution in [2.45, 2.75) is 33.4 Å². The standard InChI is InChI=1S/C22H21N9O4S.H2/c1-11-5-15(28-35-11)8-30-21(33)17-18(29(4)22(30)34)25-10-31(17)12(2)19(32)26-16-9-36-20(27-16)14-6-23-13(3)24-7-14;/h5-7,9-10,12H,8H2,1-4H3,(H,26,32);1H/t12-;/m0./s1. The molecule has 0 saturated heterocycles. The molecule has 5 aromatic heterocycles. The fourth-order valence-corrected chi connectivity index (χ4v) is 4.43. The molecule has 1 amide bonds. The van der Waals surface area contributed by atoms with Crippen LogP contribution in [0.5, 0.6) is 0 Å². The van der Waals surface area contributed by atoms with Gasteiger partial charge in [-0.2, -0.15) is 0 Å². The molecule has 1 N–H and O–H groups in total. The number of hydrogen-bond donors (Lipinski definition) is 1. The van der Waals surface area contributed by atoms with Crippen LogP contribution < -0.4 is 16.6 Å². The third-order valence-electron chi connectivity index (χ3n) is 5.63. The number of rotatable bonds is 6. The highest BCUT2D eigenvalue weighted by atomic mass is 32.1. The maximum atomic E-state index is 13.3. The summed E-state index contributed by atoms with van der Waals surface area (Å²) in [7, 11) is 1.52. The van der Waals surface area contributed by atoms with Gasteiger partial charge in [-0.25, -0.2) is 24.7 Å². The molecule has 0 saturated carbocycles. The number of nitrogens with one attached hydrogen (secondary N) is 1. The van der Waals surface area contributed by atoms with Gasteiger partial charge in [0, 0.05) is 37.9 Å². The van der Waals surface area contributed by atoms with Crippen molar-refractivity contribution in [1.29, 1.82) is 0 Å². The second-order valence-corrected chi connectivity index (χ2v) is 9.07. The van der Waals surface area contributed by atoms with E-state index in [0.29, 0.717) is 28.1 Å². The topological polar surface area (TPSA) is 156 Å². The van der Waals surface area contributed by atoms with Gasteiger partial charge in [0.2, 0.25) is 5.91 Å². The number of fused-ring (bicyclic) bond motifs is 1. The number of anilines is 1. The van der Waals surface area contributed by atoms with Crippen molar-refractivity contribution in [2.24, 2.45) is 7.05 Å². The first-order chi connectivity index (χ1) is 17.2. The third kappa shape index (κ3) is 4.11. The quantitative estimate of drug-likeness (QED) is 0.361. The van der Waals surface area contributed by atoms with Gasteiger partial charge in [0.15, 0.2) is 11.2 Å². The lowest BCUT2D eigenvalue weighted by atomic mass is 10.3. The summed E-state index contributed by atoms with van der Waals surface area (Å²) in [5.74, 6) is 1.17. The second-order valence-electron chi connectivity index (χ2n) is 8.21. The minimum absolute atomic E-state index is 0. The number of carbonyl (C=O) groups is 1. The van der Waals surface area contributed by atoms with Crippen LogP contribution in [-0.4, -0.2) is 44.7 Å². The second kappa shape index (κ2) is 8.96. The molecule has 0 aliphatic rings. The highest BCUT2D eigenvalue weighted by Crippen LogP contribution is 2.25. The van der Waals surface area contributed by atoms with Crippen molar-refractivity contribution >= 4 is 34.2 Å². The summed E-state index contributed by atoms with van der Waals surface area (Å²) < 4.78 is 8.80. The average Bonchev–Trinajstić information content (AvgIpc) is 3.60. The van der Waals surface area contributed by atoms with E-state index in [2.05, 4.69) is 30.4 Å². The molecular weight excluding hydrogens is 486 g/mol. The van der Waals surface area contributed by atoms with Crippen LogP contribution >= 0.6 is 11.3 Å². The molecule has 5 rings (SSSR count). The first-order valence-electron chi connectivity index (χ1n) is 10.9. The smallest absolute Gasteiger partial charge is 0.332 e. The summed E-state index contributed by atoms with van der Waals surface area (Å²) in [5, 5.41) is 9.01. The van der Waals surface area contributed by atoms with Gasteiger partial charge < -0.3 is 14.4 Å². The van der Waals surface area contributed by atoms with E-state index in [9.17, 15) is 14.4 Å². The van der Waals surface area contributed by atoms with Crippen LogP contribution in [0.1, 0.15) is 31.7 Å². The predicted octanol–water partition coefficient (Wildman–Crippen LogP) is 1.91. The minimum atomic E-state index is -0.823. The van der Waals surface area contributed by atoms with Crippen molar-refractivity contribution in [3.05, 3.63) is 68.3 Å². The van der Waals surface area contributed by atoms with Gasteiger partial charge in [0.25, 0.3) is 5.56 Å². The fourth-order valence-electron chi connectivity index (χ4n) is 3.70. The number of thiazole rings is 1. The molecule has 0 radical (unpaired) electrons. The number of aryl methyl sites for hydroxylation is 3. The lowest BCUT2D eigenvalue weighted by molar-refractivity contribution is -0.118. The molecular formula is C22H23N9O4S. The van der Waals surface area contributed by atoms with E-state index in [0.717, 1.165) is 10.1 Å². The van der Waals surface area contributed by atoms with Gasteiger partial charge >= 0.3 is 5.69 Å². The maximum absolute atomic E-state index is 13.3. The predicted molar refractivity (Wildman–Crippen MR) is 133 cm³/mol. The molecule has 0 aliphatic carbocycles. The Kier molecular flexibility index (Phi) is 5.80. The van der Waals surface area contributed by atoms with Crippen molar-refractivity contribution in [2.75, 3.05) is 5.32 Å². The fraction of sp³-hybridized carbons (Fsp3) is 0.273. The van der Waals surface area contributed by atoms with Crippen LogP contribution in [0.3, 0.4) is 0 Å². The molecule has 36 heavy (non-hydrogen) atoms. The highest BCUT2D eigenvalue weighted by molar-refractivity contribution is 7.13. The van der Waals surface area contributed by atoms with E-state index >= 15 is 0 Å². The number of carbonyl (C=O) groups excluding carboxylic acids is 1. The molecule has 0 unspecified atom stereocenters. The Balaban J connectivity index is 0.00000320. The van der Waals surface area contributed by atoms with E-state index < -0.39 is 23.2 Å². The Morgan fingerprint density at radius 1 is 1.22 bits per heavy atom. The van der Waals surface area contributed by atoms with Crippen molar-refractivity contribution in [1.82, 2.24) is 38.8 Å². The summed E-state index contributed by atoms with van der Waals surface area (Å²) in [6.45, 7) is 5.07. The molecule has 1 atom stereocenters. The largest absolute Gasteiger partial charge is 0.361 e. The molecule has 0 aromatic carbocycles. The number of aromatic nitrogens is 8. The van der Waals surface area contributed by atoms with E-state index in [-0.39, 0.29) is 19.1 Å². The van der Waals surface area contributed by atoms with Crippen molar-refractivity contribution in [3.8, 4) is 10.6 Å². The zero-order chi connectivity index (χ0) is 25.6. The van der Waals surface area contributed by atoms with Crippen LogP contribution in [0.15, 0.2) is 44.3 Å². The van der Waals surface area contributed by atoms with Crippen LogP contribution in [-0.2, 0) is 18.4 Å². The van der Waals surface area contributed by atoms with E-state index in [1.807, 2.05) is 0 Å². The van der Waals surface area contributed by atoms with Crippen LogP contribution in [0.25, 0.3) is 21.7 Å². The van der Waals surface area contributed by atoms with Gasteiger partial charge in [-0.1, -0.05) is 5.16 Å². The van der Waals surface area contributed by atoms with Crippen LogP contribution in [0.4, 0.5) is 5.82 Å². The van der Waals surface area contributed by atoms with Gasteiger partial charge in [-0.15, -0.1) is 11.3 Å². The average molecular weight is 510 g/mol. The summed E-state index contributed by atoms with van der Waals surface area (Å²) >= 11 is 1.34. The molecule has 0 bridgehead atoms. The Morgan fingerprint density at radius 2 is 1.97 bits per heavy atom. The van der Waals surface area contributed by atoms with E-state index in [1.165, 1.54) is 33.8 Å². The van der Waals surface area contributed by atoms with Crippen LogP contribution in [0.2, 0.25) is 0 Å². The normalized spacial score (nSPS) is 12.2. The molecule has 5 heterocycles. The lowest BCUT2D eigenvalue weighted by Gasteiger charge is -2.14. The Morgan fingerprint density at radius 3 is 2.67 bits per heavy atom. The summed E-state index contributed by atoms with van der Waals surface area (Å²) in [6.07, 6.45) is 4.71. The molecule has 0 fully saturated rings. The van der Waals surface area contributed by atoms with Gasteiger partial charge in [0.05, 0.1) is 12.9 Å². The highest BCUT2D eigenvalue weighted by Gasteiger charge is 2.23. The SMILES string of the molecule is Cc1ncc(-c2nc(NC(=O)[C@H](C)n3cnc4c3c(=O)n(Cc3cc(C)on3)c(=O)n4C)cs2)cn1.[HH].